The Balaban J connectivity index is 2.00. The normalized spacial score (nSPS) is 26.1. The number of esters is 1. The minimum absolute atomic E-state index is 0.0888. The van der Waals surface area contributed by atoms with Crippen LogP contribution in [-0.4, -0.2) is 23.4 Å². The van der Waals surface area contributed by atoms with Crippen molar-refractivity contribution in [2.24, 2.45) is 5.92 Å². The van der Waals surface area contributed by atoms with Crippen molar-refractivity contribution in [3.8, 4) is 0 Å². The molecular weight excluding hydrogens is 264 g/mol. The zero-order valence-corrected chi connectivity index (χ0v) is 10.7. The number of rotatable bonds is 3. The summed E-state index contributed by atoms with van der Waals surface area (Å²) in [4.78, 5) is 34.3. The molecule has 2 aliphatic rings. The zero-order valence-electron chi connectivity index (χ0n) is 10.7. The summed E-state index contributed by atoms with van der Waals surface area (Å²) in [7, 11) is 0. The Bertz CT molecular complexity index is 642. The van der Waals surface area contributed by atoms with Gasteiger partial charge in [0, 0.05) is 17.8 Å². The lowest BCUT2D eigenvalue weighted by atomic mass is 9.94. The van der Waals surface area contributed by atoms with E-state index >= 15 is 0 Å². The van der Waals surface area contributed by atoms with Crippen LogP contribution in [0.15, 0.2) is 18.2 Å². The van der Waals surface area contributed by atoms with E-state index in [0.29, 0.717) is 17.7 Å². The number of ether oxygens (including phenoxy) is 1. The summed E-state index contributed by atoms with van der Waals surface area (Å²) < 4.78 is 4.94. The summed E-state index contributed by atoms with van der Waals surface area (Å²) in [5, 5.41) is 13.5. The first-order valence-electron chi connectivity index (χ1n) is 6.27. The molecule has 1 aromatic rings. The molecule has 2 unspecified atom stereocenters. The van der Waals surface area contributed by atoms with E-state index in [1.165, 1.54) is 18.2 Å². The molecule has 2 atom stereocenters. The molecule has 7 nitrogen and oxygen atoms in total. The Labute approximate surface area is 114 Å². The van der Waals surface area contributed by atoms with Crippen LogP contribution in [0.25, 0.3) is 0 Å². The number of benzene rings is 1. The quantitative estimate of drug-likeness (QED) is 0.510. The predicted octanol–water partition coefficient (Wildman–Crippen LogP) is 1.37. The Morgan fingerprint density at radius 3 is 3.00 bits per heavy atom. The van der Waals surface area contributed by atoms with E-state index < -0.39 is 22.2 Å². The van der Waals surface area contributed by atoms with Gasteiger partial charge in [-0.2, -0.15) is 0 Å². The van der Waals surface area contributed by atoms with Crippen molar-refractivity contribution in [2.45, 2.75) is 18.8 Å². The Kier molecular flexibility index (Phi) is 2.53. The van der Waals surface area contributed by atoms with Crippen molar-refractivity contribution in [2.75, 3.05) is 11.9 Å². The van der Waals surface area contributed by atoms with Crippen LogP contribution in [0.4, 0.5) is 11.4 Å². The zero-order chi connectivity index (χ0) is 14.5. The number of carbonyl (C=O) groups is 2. The van der Waals surface area contributed by atoms with Gasteiger partial charge in [-0.25, -0.2) is 0 Å². The van der Waals surface area contributed by atoms with E-state index in [9.17, 15) is 19.7 Å². The molecule has 7 heteroatoms. The second-order valence-electron chi connectivity index (χ2n) is 4.92. The highest BCUT2D eigenvalue weighted by atomic mass is 16.6. The van der Waals surface area contributed by atoms with Gasteiger partial charge in [-0.15, -0.1) is 0 Å². The average Bonchev–Trinajstić information content (AvgIpc) is 3.09. The van der Waals surface area contributed by atoms with Crippen LogP contribution in [-0.2, 0) is 19.7 Å². The number of nitro benzene ring substituents is 1. The molecule has 1 aliphatic heterocycles. The maximum atomic E-state index is 12.1. The highest BCUT2D eigenvalue weighted by molar-refractivity contribution is 6.12. The maximum Gasteiger partial charge on any atom is 0.310 e. The van der Waals surface area contributed by atoms with Gasteiger partial charge in [0.15, 0.2) is 0 Å². The lowest BCUT2D eigenvalue weighted by Gasteiger charge is -2.07. The highest BCUT2D eigenvalue weighted by Gasteiger charge is 2.68. The van der Waals surface area contributed by atoms with Gasteiger partial charge < -0.3 is 10.1 Å². The van der Waals surface area contributed by atoms with Crippen molar-refractivity contribution < 1.29 is 19.2 Å². The van der Waals surface area contributed by atoms with Crippen LogP contribution in [0.2, 0.25) is 0 Å². The summed E-state index contributed by atoms with van der Waals surface area (Å²) in [6.07, 6.45) is 0.339. The van der Waals surface area contributed by atoms with Crippen molar-refractivity contribution >= 4 is 23.3 Å². The lowest BCUT2D eigenvalue weighted by Crippen LogP contribution is -2.25. The number of non-ortho nitro benzene ring substituents is 1. The van der Waals surface area contributed by atoms with Crippen LogP contribution in [0.3, 0.4) is 0 Å². The van der Waals surface area contributed by atoms with Crippen LogP contribution < -0.4 is 5.32 Å². The number of nitro groups is 1. The van der Waals surface area contributed by atoms with E-state index in [-0.39, 0.29) is 18.2 Å². The van der Waals surface area contributed by atoms with E-state index in [2.05, 4.69) is 5.32 Å². The first kappa shape index (κ1) is 12.6. The summed E-state index contributed by atoms with van der Waals surface area (Å²) in [6.45, 7) is 1.94. The molecule has 1 amide bonds. The second-order valence-corrected chi connectivity index (χ2v) is 4.92. The van der Waals surface area contributed by atoms with Crippen molar-refractivity contribution in [3.05, 3.63) is 33.9 Å². The number of hydrogen-bond donors (Lipinski definition) is 1. The van der Waals surface area contributed by atoms with E-state index in [0.717, 1.165) is 0 Å². The number of hydrogen-bond acceptors (Lipinski definition) is 5. The third-order valence-electron chi connectivity index (χ3n) is 3.88. The van der Waals surface area contributed by atoms with Gasteiger partial charge in [-0.1, -0.05) is 0 Å². The molecule has 0 bridgehead atoms. The molecule has 1 fully saturated rings. The van der Waals surface area contributed by atoms with Gasteiger partial charge in [0.2, 0.25) is 5.91 Å². The SMILES string of the molecule is CCOC(=O)C1CC12C(=O)Nc1ccc([N+](=O)[O-])cc12. The molecule has 1 heterocycles. The fourth-order valence-electron chi connectivity index (χ4n) is 2.82. The monoisotopic (exact) mass is 276 g/mol. The van der Waals surface area contributed by atoms with Crippen molar-refractivity contribution in [1.82, 2.24) is 0 Å². The number of anilines is 1. The number of amides is 1. The molecule has 1 aromatic carbocycles. The molecule has 1 aliphatic carbocycles. The topological polar surface area (TPSA) is 98.5 Å². The van der Waals surface area contributed by atoms with Crippen molar-refractivity contribution in [1.29, 1.82) is 0 Å². The van der Waals surface area contributed by atoms with Gasteiger partial charge in [0.1, 0.15) is 0 Å². The Morgan fingerprint density at radius 1 is 1.60 bits per heavy atom. The summed E-state index contributed by atoms with van der Waals surface area (Å²) >= 11 is 0. The molecule has 1 N–H and O–H groups in total. The average molecular weight is 276 g/mol. The van der Waals surface area contributed by atoms with Gasteiger partial charge >= 0.3 is 5.97 Å². The van der Waals surface area contributed by atoms with E-state index in [1.807, 2.05) is 0 Å². The minimum atomic E-state index is -0.979. The summed E-state index contributed by atoms with van der Waals surface area (Å²) in [6, 6.07) is 4.20. The molecule has 1 spiro atoms. The van der Waals surface area contributed by atoms with Crippen LogP contribution in [0, 0.1) is 16.0 Å². The fraction of sp³-hybridized carbons (Fsp3) is 0.385. The molecule has 0 radical (unpaired) electrons. The Hall–Kier alpha value is -2.44. The number of carbonyl (C=O) groups excluding carboxylic acids is 2. The largest absolute Gasteiger partial charge is 0.466 e. The highest BCUT2D eigenvalue weighted by Crippen LogP contribution is 2.60. The predicted molar refractivity (Wildman–Crippen MR) is 68.1 cm³/mol. The third kappa shape index (κ3) is 1.52. The van der Waals surface area contributed by atoms with Gasteiger partial charge in [-0.3, -0.25) is 19.7 Å². The first-order chi connectivity index (χ1) is 9.50. The maximum absolute atomic E-state index is 12.1. The summed E-state index contributed by atoms with van der Waals surface area (Å²) in [5.74, 6) is -1.27. The van der Waals surface area contributed by atoms with Gasteiger partial charge in [0.05, 0.1) is 22.9 Å². The molecule has 104 valence electrons. The number of nitrogens with one attached hydrogen (secondary N) is 1. The van der Waals surface area contributed by atoms with Crippen LogP contribution in [0.5, 0.6) is 0 Å². The van der Waals surface area contributed by atoms with E-state index in [1.54, 1.807) is 6.92 Å². The van der Waals surface area contributed by atoms with Gasteiger partial charge in [-0.05, 0) is 25.0 Å². The molecule has 20 heavy (non-hydrogen) atoms. The van der Waals surface area contributed by atoms with Gasteiger partial charge in [0.25, 0.3) is 5.69 Å². The molecule has 3 rings (SSSR count). The number of fused-ring (bicyclic) bond motifs is 2. The Morgan fingerprint density at radius 2 is 2.35 bits per heavy atom. The molecular formula is C13H12N2O5. The standard InChI is InChI=1S/C13H12N2O5/c1-2-20-11(16)9-6-13(9)8-5-7(15(18)19)3-4-10(8)14-12(13)17/h3-5,9H,2,6H2,1H3,(H,14,17). The molecule has 1 saturated carbocycles. The third-order valence-corrected chi connectivity index (χ3v) is 3.88. The minimum Gasteiger partial charge on any atom is -0.466 e. The summed E-state index contributed by atoms with van der Waals surface area (Å²) in [5.41, 5.74) is -0.00978. The first-order valence-corrected chi connectivity index (χ1v) is 6.27. The second kappa shape index (κ2) is 4.03. The lowest BCUT2D eigenvalue weighted by molar-refractivity contribution is -0.384. The molecule has 0 aromatic heterocycles. The fourth-order valence-corrected chi connectivity index (χ4v) is 2.82. The van der Waals surface area contributed by atoms with Crippen LogP contribution in [0.1, 0.15) is 18.9 Å². The van der Waals surface area contributed by atoms with Crippen molar-refractivity contribution in [3.63, 3.8) is 0 Å². The van der Waals surface area contributed by atoms with Crippen LogP contribution >= 0.6 is 0 Å². The van der Waals surface area contributed by atoms with E-state index in [4.69, 9.17) is 4.74 Å². The smallest absolute Gasteiger partial charge is 0.310 e. The number of nitrogens with zero attached hydrogens (tertiary/aromatic N) is 1. The molecule has 0 saturated heterocycles.